The van der Waals surface area contributed by atoms with Crippen molar-refractivity contribution in [3.05, 3.63) is 0 Å². The van der Waals surface area contributed by atoms with Crippen LogP contribution in [0.2, 0.25) is 0 Å². The summed E-state index contributed by atoms with van der Waals surface area (Å²) in [6.07, 6.45) is -9.19. The highest BCUT2D eigenvalue weighted by molar-refractivity contribution is 5.77. The summed E-state index contributed by atoms with van der Waals surface area (Å²) in [5, 5.41) is 72.0. The fraction of sp³-hybridized carbons (Fsp3) is 0.929. The first kappa shape index (κ1) is 19.7. The van der Waals surface area contributed by atoms with Crippen LogP contribution in [0.4, 0.5) is 0 Å². The first-order valence-corrected chi connectivity index (χ1v) is 8.14. The summed E-state index contributed by atoms with van der Waals surface area (Å²) in [4.78, 5) is 4.03. The maximum Gasteiger partial charge on any atom is 0.285 e. The van der Waals surface area contributed by atoms with Crippen molar-refractivity contribution in [3.8, 4) is 0 Å². The van der Waals surface area contributed by atoms with E-state index in [2.05, 4.69) is 10.3 Å². The van der Waals surface area contributed by atoms with Gasteiger partial charge in [0.05, 0.1) is 19.3 Å². The minimum atomic E-state index is -2.09. The molecule has 2 aliphatic heterocycles. The Labute approximate surface area is 148 Å². The second kappa shape index (κ2) is 7.14. The van der Waals surface area contributed by atoms with E-state index >= 15 is 0 Å². The number of nitrogens with zero attached hydrogens (tertiary/aromatic N) is 1. The molecule has 0 aromatic carbocycles. The van der Waals surface area contributed by atoms with Gasteiger partial charge in [-0.1, -0.05) is 0 Å². The average Bonchev–Trinajstić information content (AvgIpc) is 3.14. The molecule has 12 nitrogen and oxygen atoms in total. The molecule has 0 bridgehead atoms. The van der Waals surface area contributed by atoms with Gasteiger partial charge in [0.1, 0.15) is 42.2 Å². The molecule has 150 valence electrons. The topological polar surface area (TPSA) is 194 Å². The minimum absolute atomic E-state index is 0.202. The number of aliphatic imine (C=N–C) groups is 1. The summed E-state index contributed by atoms with van der Waals surface area (Å²) in [7, 11) is 1.27. The van der Waals surface area contributed by atoms with Gasteiger partial charge in [0, 0.05) is 7.11 Å². The zero-order valence-corrected chi connectivity index (χ0v) is 13.9. The Morgan fingerprint density at radius 2 is 1.85 bits per heavy atom. The largest absolute Gasteiger partial charge is 0.457 e. The lowest BCUT2D eigenvalue weighted by atomic mass is 9.96. The van der Waals surface area contributed by atoms with Crippen LogP contribution in [0, 0.1) is 0 Å². The second-order valence-electron chi connectivity index (χ2n) is 6.66. The standard InChI is InChI=1S/C14H24N2O10/c1-24-12-7(20)6(19)5(4(2-17)25-12)15-13-16-10-9(26-13)8(21)11(22)14(10,23)3-18/h4-12,17-23H,2-3H2,1H3,(H,15,16). The van der Waals surface area contributed by atoms with Crippen LogP contribution in [-0.4, -0.2) is 123 Å². The van der Waals surface area contributed by atoms with Crippen LogP contribution in [0.15, 0.2) is 4.99 Å². The molecule has 2 fully saturated rings. The highest BCUT2D eigenvalue weighted by Crippen LogP contribution is 2.38. The van der Waals surface area contributed by atoms with Crippen molar-refractivity contribution in [2.45, 2.75) is 60.6 Å². The first-order valence-electron chi connectivity index (χ1n) is 8.14. The number of amidine groups is 1. The van der Waals surface area contributed by atoms with E-state index in [9.17, 15) is 35.7 Å². The molecule has 0 radical (unpaired) electrons. The summed E-state index contributed by atoms with van der Waals surface area (Å²) in [6.45, 7) is -1.36. The number of rotatable bonds is 4. The highest BCUT2D eigenvalue weighted by Gasteiger charge is 2.63. The molecule has 0 aromatic heterocycles. The van der Waals surface area contributed by atoms with E-state index in [4.69, 9.17) is 14.2 Å². The van der Waals surface area contributed by atoms with E-state index in [1.54, 1.807) is 0 Å². The van der Waals surface area contributed by atoms with Gasteiger partial charge < -0.3 is 55.3 Å². The Balaban J connectivity index is 1.77. The van der Waals surface area contributed by atoms with Crippen molar-refractivity contribution in [1.82, 2.24) is 5.32 Å². The number of methoxy groups -OCH3 is 1. The maximum absolute atomic E-state index is 10.3. The van der Waals surface area contributed by atoms with Gasteiger partial charge >= 0.3 is 0 Å². The van der Waals surface area contributed by atoms with Gasteiger partial charge in [-0.2, -0.15) is 0 Å². The fourth-order valence-corrected chi connectivity index (χ4v) is 3.59. The average molecular weight is 380 g/mol. The lowest BCUT2D eigenvalue weighted by Crippen LogP contribution is -2.64. The number of aliphatic hydroxyl groups excluding tert-OH is 6. The molecule has 10 unspecified atom stereocenters. The Morgan fingerprint density at radius 3 is 2.42 bits per heavy atom. The molecular formula is C14H24N2O10. The van der Waals surface area contributed by atoms with Crippen molar-refractivity contribution in [3.63, 3.8) is 0 Å². The molecule has 3 rings (SSSR count). The first-order chi connectivity index (χ1) is 12.3. The number of fused-ring (bicyclic) bond motifs is 1. The molecule has 0 spiro atoms. The van der Waals surface area contributed by atoms with Crippen LogP contribution in [0.1, 0.15) is 0 Å². The molecular weight excluding hydrogens is 356 g/mol. The van der Waals surface area contributed by atoms with E-state index in [1.807, 2.05) is 0 Å². The molecule has 1 saturated heterocycles. The Morgan fingerprint density at radius 1 is 1.15 bits per heavy atom. The second-order valence-corrected chi connectivity index (χ2v) is 6.66. The normalized spacial score (nSPS) is 50.9. The van der Waals surface area contributed by atoms with E-state index in [0.29, 0.717) is 0 Å². The van der Waals surface area contributed by atoms with Crippen LogP contribution in [-0.2, 0) is 14.2 Å². The summed E-state index contributed by atoms with van der Waals surface area (Å²) in [6, 6.07) is -2.39. The number of hydrogen-bond acceptors (Lipinski definition) is 12. The summed E-state index contributed by atoms with van der Waals surface area (Å²) in [5.41, 5.74) is -2.09. The quantitative estimate of drug-likeness (QED) is 0.232. The molecule has 3 aliphatic rings. The molecule has 26 heavy (non-hydrogen) atoms. The van der Waals surface area contributed by atoms with Crippen LogP contribution in [0.3, 0.4) is 0 Å². The monoisotopic (exact) mass is 380 g/mol. The fourth-order valence-electron chi connectivity index (χ4n) is 3.59. The molecule has 8 N–H and O–H groups in total. The lowest BCUT2D eigenvalue weighted by Gasteiger charge is -2.41. The minimum Gasteiger partial charge on any atom is -0.457 e. The molecule has 12 heteroatoms. The zero-order valence-electron chi connectivity index (χ0n) is 13.9. The van der Waals surface area contributed by atoms with Crippen LogP contribution in [0.25, 0.3) is 0 Å². The van der Waals surface area contributed by atoms with Crippen LogP contribution < -0.4 is 5.32 Å². The molecule has 0 amide bonds. The Hall–Kier alpha value is -1.09. The van der Waals surface area contributed by atoms with Crippen molar-refractivity contribution in [2.75, 3.05) is 20.3 Å². The molecule has 1 saturated carbocycles. The molecule has 1 aliphatic carbocycles. The number of ether oxygens (including phenoxy) is 3. The zero-order chi connectivity index (χ0) is 19.2. The SMILES string of the molecule is COC1OC(CO)C(NC2=NC3C(O2)C(O)C(O)C3(O)CO)C(O)C1O. The summed E-state index contributed by atoms with van der Waals surface area (Å²) in [5.74, 6) is 0. The van der Waals surface area contributed by atoms with Crippen molar-refractivity contribution in [2.24, 2.45) is 4.99 Å². The van der Waals surface area contributed by atoms with Gasteiger partial charge in [-0.3, -0.25) is 0 Å². The third kappa shape index (κ3) is 2.87. The van der Waals surface area contributed by atoms with E-state index in [0.717, 1.165) is 0 Å². The predicted molar refractivity (Wildman–Crippen MR) is 81.8 cm³/mol. The summed E-state index contributed by atoms with van der Waals surface area (Å²) >= 11 is 0. The van der Waals surface area contributed by atoms with Crippen LogP contribution in [0.5, 0.6) is 0 Å². The molecule has 10 atom stereocenters. The third-order valence-electron chi connectivity index (χ3n) is 5.16. The Kier molecular flexibility index (Phi) is 5.40. The van der Waals surface area contributed by atoms with Gasteiger partial charge in [0.25, 0.3) is 6.02 Å². The number of hydrogen-bond donors (Lipinski definition) is 8. The number of aliphatic hydroxyl groups is 7. The predicted octanol–water partition coefficient (Wildman–Crippen LogP) is -5.39. The van der Waals surface area contributed by atoms with Crippen molar-refractivity contribution in [1.29, 1.82) is 0 Å². The van der Waals surface area contributed by atoms with E-state index < -0.39 is 73.8 Å². The van der Waals surface area contributed by atoms with Gasteiger partial charge in [0.2, 0.25) is 0 Å². The van der Waals surface area contributed by atoms with E-state index in [-0.39, 0.29) is 6.02 Å². The van der Waals surface area contributed by atoms with Crippen LogP contribution >= 0.6 is 0 Å². The Bertz CT molecular complexity index is 548. The van der Waals surface area contributed by atoms with Gasteiger partial charge in [-0.15, -0.1) is 0 Å². The highest BCUT2D eigenvalue weighted by atomic mass is 16.7. The van der Waals surface area contributed by atoms with Gasteiger partial charge in [-0.05, 0) is 0 Å². The number of nitrogens with one attached hydrogen (secondary N) is 1. The van der Waals surface area contributed by atoms with Gasteiger partial charge in [-0.25, -0.2) is 4.99 Å². The van der Waals surface area contributed by atoms with E-state index in [1.165, 1.54) is 7.11 Å². The lowest BCUT2D eigenvalue weighted by molar-refractivity contribution is -0.270. The van der Waals surface area contributed by atoms with Crippen molar-refractivity contribution >= 4 is 6.02 Å². The third-order valence-corrected chi connectivity index (χ3v) is 5.16. The smallest absolute Gasteiger partial charge is 0.285 e. The molecule has 2 heterocycles. The van der Waals surface area contributed by atoms with Gasteiger partial charge in [0.15, 0.2) is 12.4 Å². The van der Waals surface area contributed by atoms with Crippen molar-refractivity contribution < 1.29 is 50.0 Å². The summed E-state index contributed by atoms with van der Waals surface area (Å²) < 4.78 is 15.6. The molecule has 0 aromatic rings. The maximum atomic E-state index is 10.3.